The molecule has 0 aliphatic carbocycles. The standard InChI is InChI=1S/C15H16N4O2/c1-10-13(15(20)18-17)7-12(21-10)9-19(2)14-6-4-3-5-11(14)8-16/h3-7H,9,17H2,1-2H3,(H,18,20). The Hall–Kier alpha value is -2.78. The van der Waals surface area contributed by atoms with E-state index in [2.05, 4.69) is 11.5 Å². The Morgan fingerprint density at radius 2 is 2.19 bits per heavy atom. The molecule has 0 aliphatic rings. The maximum absolute atomic E-state index is 11.6. The number of hydrazine groups is 1. The lowest BCUT2D eigenvalue weighted by Gasteiger charge is -2.18. The monoisotopic (exact) mass is 284 g/mol. The number of hydrogen-bond acceptors (Lipinski definition) is 5. The number of carbonyl (C=O) groups is 1. The number of anilines is 1. The number of nitrogens with one attached hydrogen (secondary N) is 1. The molecule has 6 heteroatoms. The third-order valence-corrected chi connectivity index (χ3v) is 3.17. The van der Waals surface area contributed by atoms with Crippen LogP contribution in [0.5, 0.6) is 0 Å². The number of nitriles is 1. The highest BCUT2D eigenvalue weighted by molar-refractivity contribution is 5.94. The van der Waals surface area contributed by atoms with Gasteiger partial charge in [-0.3, -0.25) is 10.2 Å². The Labute approximate surface area is 122 Å². The van der Waals surface area contributed by atoms with Crippen LogP contribution in [0.1, 0.15) is 27.4 Å². The molecule has 2 rings (SSSR count). The number of aryl methyl sites for hydroxylation is 1. The number of rotatable bonds is 4. The van der Waals surface area contributed by atoms with Gasteiger partial charge in [-0.1, -0.05) is 12.1 Å². The van der Waals surface area contributed by atoms with Crippen molar-refractivity contribution in [2.75, 3.05) is 11.9 Å². The summed E-state index contributed by atoms with van der Waals surface area (Å²) in [5.74, 6) is 5.87. The van der Waals surface area contributed by atoms with Crippen molar-refractivity contribution in [1.29, 1.82) is 5.26 Å². The highest BCUT2D eigenvalue weighted by atomic mass is 16.3. The summed E-state index contributed by atoms with van der Waals surface area (Å²) in [7, 11) is 1.86. The fourth-order valence-electron chi connectivity index (χ4n) is 2.14. The van der Waals surface area contributed by atoms with Crippen LogP contribution in [0.4, 0.5) is 5.69 Å². The third-order valence-electron chi connectivity index (χ3n) is 3.17. The Morgan fingerprint density at radius 3 is 2.86 bits per heavy atom. The van der Waals surface area contributed by atoms with Crippen LogP contribution < -0.4 is 16.2 Å². The quantitative estimate of drug-likeness (QED) is 0.506. The predicted octanol–water partition coefficient (Wildman–Crippen LogP) is 1.70. The molecule has 0 atom stereocenters. The summed E-state index contributed by atoms with van der Waals surface area (Å²) in [5.41, 5.74) is 3.89. The molecule has 3 N–H and O–H groups in total. The van der Waals surface area contributed by atoms with E-state index in [-0.39, 0.29) is 5.91 Å². The van der Waals surface area contributed by atoms with E-state index < -0.39 is 0 Å². The minimum absolute atomic E-state index is 0.387. The van der Waals surface area contributed by atoms with Gasteiger partial charge in [0.1, 0.15) is 17.6 Å². The minimum Gasteiger partial charge on any atom is -0.464 e. The second-order valence-corrected chi connectivity index (χ2v) is 4.64. The Bertz CT molecular complexity index is 700. The van der Waals surface area contributed by atoms with Gasteiger partial charge in [-0.15, -0.1) is 0 Å². The van der Waals surface area contributed by atoms with Crippen molar-refractivity contribution < 1.29 is 9.21 Å². The summed E-state index contributed by atoms with van der Waals surface area (Å²) in [6.07, 6.45) is 0. The van der Waals surface area contributed by atoms with Gasteiger partial charge in [0.25, 0.3) is 5.91 Å². The smallest absolute Gasteiger partial charge is 0.268 e. The fourth-order valence-corrected chi connectivity index (χ4v) is 2.14. The minimum atomic E-state index is -0.387. The van der Waals surface area contributed by atoms with E-state index in [0.717, 1.165) is 5.69 Å². The van der Waals surface area contributed by atoms with E-state index in [1.807, 2.05) is 30.1 Å². The molecule has 1 aromatic heterocycles. The second-order valence-electron chi connectivity index (χ2n) is 4.64. The third kappa shape index (κ3) is 3.04. The van der Waals surface area contributed by atoms with Gasteiger partial charge in [0.15, 0.2) is 0 Å². The van der Waals surface area contributed by atoms with Crippen LogP contribution in [0.3, 0.4) is 0 Å². The number of para-hydroxylation sites is 1. The van der Waals surface area contributed by atoms with Gasteiger partial charge >= 0.3 is 0 Å². The van der Waals surface area contributed by atoms with E-state index in [9.17, 15) is 4.79 Å². The molecule has 0 saturated heterocycles. The Balaban J connectivity index is 2.22. The van der Waals surface area contributed by atoms with E-state index in [0.29, 0.717) is 29.2 Å². The normalized spacial score (nSPS) is 10.0. The van der Waals surface area contributed by atoms with Crippen LogP contribution in [0.25, 0.3) is 0 Å². The summed E-state index contributed by atoms with van der Waals surface area (Å²) in [4.78, 5) is 13.4. The largest absolute Gasteiger partial charge is 0.464 e. The van der Waals surface area contributed by atoms with Crippen molar-refractivity contribution in [2.45, 2.75) is 13.5 Å². The lowest BCUT2D eigenvalue weighted by molar-refractivity contribution is 0.0952. The summed E-state index contributed by atoms with van der Waals surface area (Å²) < 4.78 is 5.56. The lowest BCUT2D eigenvalue weighted by Crippen LogP contribution is -2.30. The summed E-state index contributed by atoms with van der Waals surface area (Å²) in [5, 5.41) is 9.12. The molecule has 1 aromatic carbocycles. The molecule has 0 unspecified atom stereocenters. The summed E-state index contributed by atoms with van der Waals surface area (Å²) >= 11 is 0. The molecule has 21 heavy (non-hydrogen) atoms. The molecule has 0 fully saturated rings. The zero-order valence-corrected chi connectivity index (χ0v) is 11.9. The molecule has 0 aliphatic heterocycles. The van der Waals surface area contributed by atoms with Gasteiger partial charge in [0.2, 0.25) is 0 Å². The predicted molar refractivity (Wildman–Crippen MR) is 78.4 cm³/mol. The molecule has 1 heterocycles. The van der Waals surface area contributed by atoms with E-state index in [1.165, 1.54) is 0 Å². The van der Waals surface area contributed by atoms with Gasteiger partial charge in [-0.25, -0.2) is 5.84 Å². The molecule has 0 radical (unpaired) electrons. The van der Waals surface area contributed by atoms with Gasteiger partial charge in [0, 0.05) is 7.05 Å². The zero-order chi connectivity index (χ0) is 15.4. The fraction of sp³-hybridized carbons (Fsp3) is 0.200. The highest BCUT2D eigenvalue weighted by Crippen LogP contribution is 2.22. The lowest BCUT2D eigenvalue weighted by atomic mass is 10.1. The van der Waals surface area contributed by atoms with Gasteiger partial charge < -0.3 is 9.32 Å². The van der Waals surface area contributed by atoms with Crippen LogP contribution in [0, 0.1) is 18.3 Å². The van der Waals surface area contributed by atoms with Crippen molar-refractivity contribution in [1.82, 2.24) is 5.43 Å². The molecule has 0 saturated carbocycles. The van der Waals surface area contributed by atoms with Crippen molar-refractivity contribution in [3.05, 3.63) is 53.0 Å². The number of hydrogen-bond donors (Lipinski definition) is 2. The first kappa shape index (κ1) is 14.6. The van der Waals surface area contributed by atoms with Gasteiger partial charge in [-0.05, 0) is 25.1 Å². The number of nitrogens with two attached hydrogens (primary N) is 1. The van der Waals surface area contributed by atoms with Crippen LogP contribution in [0.2, 0.25) is 0 Å². The Morgan fingerprint density at radius 1 is 1.48 bits per heavy atom. The van der Waals surface area contributed by atoms with Crippen molar-refractivity contribution >= 4 is 11.6 Å². The topological polar surface area (TPSA) is 95.3 Å². The van der Waals surface area contributed by atoms with E-state index >= 15 is 0 Å². The average Bonchev–Trinajstić information content (AvgIpc) is 2.86. The van der Waals surface area contributed by atoms with Crippen LogP contribution in [-0.4, -0.2) is 13.0 Å². The molecule has 0 spiro atoms. The maximum Gasteiger partial charge on any atom is 0.268 e. The van der Waals surface area contributed by atoms with Crippen LogP contribution >= 0.6 is 0 Å². The van der Waals surface area contributed by atoms with Crippen molar-refractivity contribution in [3.8, 4) is 6.07 Å². The second kappa shape index (κ2) is 6.11. The molecule has 1 amide bonds. The van der Waals surface area contributed by atoms with Gasteiger partial charge in [-0.2, -0.15) is 5.26 Å². The van der Waals surface area contributed by atoms with E-state index in [4.69, 9.17) is 15.5 Å². The number of carbonyl (C=O) groups excluding carboxylic acids is 1. The zero-order valence-electron chi connectivity index (χ0n) is 11.9. The maximum atomic E-state index is 11.6. The SMILES string of the molecule is Cc1oc(CN(C)c2ccccc2C#N)cc1C(=O)NN. The molecule has 6 nitrogen and oxygen atoms in total. The van der Waals surface area contributed by atoms with Crippen LogP contribution in [0.15, 0.2) is 34.7 Å². The van der Waals surface area contributed by atoms with Crippen molar-refractivity contribution in [3.63, 3.8) is 0 Å². The average molecular weight is 284 g/mol. The number of benzene rings is 1. The molecular formula is C15H16N4O2. The molecule has 2 aromatic rings. The number of amides is 1. The van der Waals surface area contributed by atoms with Crippen LogP contribution in [-0.2, 0) is 6.54 Å². The van der Waals surface area contributed by atoms with E-state index in [1.54, 1.807) is 19.1 Å². The number of nitrogens with zero attached hydrogens (tertiary/aromatic N) is 2. The first-order valence-electron chi connectivity index (χ1n) is 6.37. The summed E-state index contributed by atoms with van der Waals surface area (Å²) in [6.45, 7) is 2.15. The Kier molecular flexibility index (Phi) is 4.26. The first-order chi connectivity index (χ1) is 10.1. The van der Waals surface area contributed by atoms with Crippen molar-refractivity contribution in [2.24, 2.45) is 5.84 Å². The summed E-state index contributed by atoms with van der Waals surface area (Å²) in [6, 6.07) is 11.1. The first-order valence-corrected chi connectivity index (χ1v) is 6.37. The molecule has 0 bridgehead atoms. The number of nitrogen functional groups attached to an aromatic ring is 1. The highest BCUT2D eigenvalue weighted by Gasteiger charge is 2.16. The molecular weight excluding hydrogens is 268 g/mol. The van der Waals surface area contributed by atoms with Gasteiger partial charge in [0.05, 0.1) is 23.4 Å². The number of furan rings is 1. The molecule has 108 valence electrons.